The fourth-order valence-corrected chi connectivity index (χ4v) is 4.04. The number of aromatic nitrogens is 2. The van der Waals surface area contributed by atoms with Gasteiger partial charge >= 0.3 is 0 Å². The molecule has 0 aliphatic carbocycles. The Balaban J connectivity index is 1.88. The summed E-state index contributed by atoms with van der Waals surface area (Å²) in [5.41, 5.74) is 0. The second-order valence-corrected chi connectivity index (χ2v) is 7.31. The fourth-order valence-electron chi connectivity index (χ4n) is 4.04. The molecular formula is C18H28N4O2. The third-order valence-electron chi connectivity index (χ3n) is 5.35. The van der Waals surface area contributed by atoms with Gasteiger partial charge in [0, 0.05) is 51.4 Å². The summed E-state index contributed by atoms with van der Waals surface area (Å²) in [6, 6.07) is 0.0338. The number of imidazole rings is 1. The van der Waals surface area contributed by atoms with Gasteiger partial charge in [-0.2, -0.15) is 0 Å². The normalized spacial score (nSPS) is 22.4. The summed E-state index contributed by atoms with van der Waals surface area (Å²) in [5.74, 6) is 1.73. The lowest BCUT2D eigenvalue weighted by molar-refractivity contribution is -0.140. The zero-order valence-corrected chi connectivity index (χ0v) is 14.9. The molecule has 0 saturated carbocycles. The van der Waals surface area contributed by atoms with Crippen LogP contribution in [0.5, 0.6) is 0 Å². The summed E-state index contributed by atoms with van der Waals surface area (Å²) in [6.07, 6.45) is 6.69. The molecule has 1 fully saturated rings. The van der Waals surface area contributed by atoms with Gasteiger partial charge < -0.3 is 14.4 Å². The van der Waals surface area contributed by atoms with Crippen molar-refractivity contribution >= 4 is 11.8 Å². The van der Waals surface area contributed by atoms with E-state index in [1.165, 1.54) is 0 Å². The van der Waals surface area contributed by atoms with Crippen molar-refractivity contribution < 1.29 is 9.59 Å². The van der Waals surface area contributed by atoms with Gasteiger partial charge in [-0.15, -0.1) is 0 Å². The van der Waals surface area contributed by atoms with Gasteiger partial charge in [0.15, 0.2) is 0 Å². The van der Waals surface area contributed by atoms with Crippen LogP contribution < -0.4 is 0 Å². The van der Waals surface area contributed by atoms with E-state index in [4.69, 9.17) is 0 Å². The highest BCUT2D eigenvalue weighted by atomic mass is 16.2. The van der Waals surface area contributed by atoms with Crippen LogP contribution in [0, 0.1) is 11.8 Å². The first kappa shape index (κ1) is 17.0. The number of hydrogen-bond donors (Lipinski definition) is 0. The highest BCUT2D eigenvalue weighted by Crippen LogP contribution is 2.37. The summed E-state index contributed by atoms with van der Waals surface area (Å²) in [7, 11) is 0. The fraction of sp³-hybridized carbons (Fsp3) is 0.722. The molecule has 0 aromatic carbocycles. The van der Waals surface area contributed by atoms with Crippen LogP contribution in [0.25, 0.3) is 0 Å². The Morgan fingerprint density at radius 3 is 2.50 bits per heavy atom. The number of piperidine rings is 1. The Hall–Kier alpha value is -1.85. The summed E-state index contributed by atoms with van der Waals surface area (Å²) < 4.78 is 2.20. The lowest BCUT2D eigenvalue weighted by atomic mass is 9.87. The Kier molecular flexibility index (Phi) is 4.92. The van der Waals surface area contributed by atoms with Gasteiger partial charge in [-0.3, -0.25) is 9.59 Å². The molecule has 2 aliphatic rings. The molecule has 1 saturated heterocycles. The summed E-state index contributed by atoms with van der Waals surface area (Å²) in [6.45, 7) is 8.83. The van der Waals surface area contributed by atoms with Gasteiger partial charge in [-0.05, 0) is 25.2 Å². The summed E-state index contributed by atoms with van der Waals surface area (Å²) in [4.78, 5) is 33.0. The topological polar surface area (TPSA) is 58.4 Å². The molecule has 0 bridgehead atoms. The molecule has 1 aromatic rings. The molecule has 6 heteroatoms. The summed E-state index contributed by atoms with van der Waals surface area (Å²) in [5, 5.41) is 0. The molecular weight excluding hydrogens is 304 g/mol. The Bertz CT molecular complexity index is 602. The first-order valence-corrected chi connectivity index (χ1v) is 9.06. The predicted molar refractivity (Wildman–Crippen MR) is 91.1 cm³/mol. The number of carbonyl (C=O) groups excluding carboxylic acids is 2. The van der Waals surface area contributed by atoms with E-state index in [1.54, 1.807) is 6.92 Å². The van der Waals surface area contributed by atoms with Crippen molar-refractivity contribution in [3.63, 3.8) is 0 Å². The van der Waals surface area contributed by atoms with Crippen LogP contribution in [0.4, 0.5) is 0 Å². The molecule has 0 spiro atoms. The Morgan fingerprint density at radius 2 is 1.88 bits per heavy atom. The average Bonchev–Trinajstić information content (AvgIpc) is 2.94. The quantitative estimate of drug-likeness (QED) is 0.833. The molecule has 2 amide bonds. The van der Waals surface area contributed by atoms with Gasteiger partial charge in [0.25, 0.3) is 0 Å². The molecule has 0 N–H and O–H groups in total. The van der Waals surface area contributed by atoms with Crippen molar-refractivity contribution in [2.75, 3.05) is 19.6 Å². The SMILES string of the molecule is CC(=O)N1CCC(C2c3nccn3CCCN2C(=O)C(C)C)CC1. The van der Waals surface area contributed by atoms with Crippen LogP contribution in [0.3, 0.4) is 0 Å². The standard InChI is InChI=1S/C18H28N4O2/c1-13(2)18(24)22-9-4-8-21-12-7-19-17(21)16(22)15-5-10-20(11-6-15)14(3)23/h7,12-13,15-16H,4-6,8-11H2,1-3H3. The van der Waals surface area contributed by atoms with E-state index in [0.717, 1.165) is 51.3 Å². The number of rotatable bonds is 2. The van der Waals surface area contributed by atoms with E-state index in [0.29, 0.717) is 5.92 Å². The Labute approximate surface area is 143 Å². The van der Waals surface area contributed by atoms with E-state index in [9.17, 15) is 9.59 Å². The van der Waals surface area contributed by atoms with E-state index in [1.807, 2.05) is 31.1 Å². The Morgan fingerprint density at radius 1 is 1.17 bits per heavy atom. The molecule has 1 aromatic heterocycles. The van der Waals surface area contributed by atoms with E-state index in [2.05, 4.69) is 14.5 Å². The van der Waals surface area contributed by atoms with Crippen molar-refractivity contribution in [1.82, 2.24) is 19.4 Å². The molecule has 24 heavy (non-hydrogen) atoms. The van der Waals surface area contributed by atoms with Crippen LogP contribution >= 0.6 is 0 Å². The minimum absolute atomic E-state index is 0.00804. The first-order valence-electron chi connectivity index (χ1n) is 9.06. The van der Waals surface area contributed by atoms with Crippen LogP contribution in [-0.2, 0) is 16.1 Å². The molecule has 1 atom stereocenters. The lowest BCUT2D eigenvalue weighted by Gasteiger charge is -2.40. The molecule has 2 aliphatic heterocycles. The first-order chi connectivity index (χ1) is 11.5. The van der Waals surface area contributed by atoms with Crippen molar-refractivity contribution in [3.8, 4) is 0 Å². The van der Waals surface area contributed by atoms with Crippen molar-refractivity contribution in [1.29, 1.82) is 0 Å². The maximum atomic E-state index is 12.8. The molecule has 3 rings (SSSR count). The highest BCUT2D eigenvalue weighted by Gasteiger charge is 2.38. The minimum Gasteiger partial charge on any atom is -0.343 e. The lowest BCUT2D eigenvalue weighted by Crippen LogP contribution is -2.45. The van der Waals surface area contributed by atoms with E-state index < -0.39 is 0 Å². The number of hydrogen-bond acceptors (Lipinski definition) is 3. The van der Waals surface area contributed by atoms with Crippen molar-refractivity contribution in [2.24, 2.45) is 11.8 Å². The van der Waals surface area contributed by atoms with E-state index in [-0.39, 0.29) is 23.8 Å². The van der Waals surface area contributed by atoms with Crippen LogP contribution in [0.15, 0.2) is 12.4 Å². The van der Waals surface area contributed by atoms with Crippen LogP contribution in [0.1, 0.15) is 51.9 Å². The average molecular weight is 332 g/mol. The molecule has 0 radical (unpaired) electrons. The molecule has 6 nitrogen and oxygen atoms in total. The minimum atomic E-state index is -0.00804. The third-order valence-corrected chi connectivity index (χ3v) is 5.35. The second kappa shape index (κ2) is 6.95. The van der Waals surface area contributed by atoms with Crippen molar-refractivity contribution in [3.05, 3.63) is 18.2 Å². The highest BCUT2D eigenvalue weighted by molar-refractivity contribution is 5.78. The zero-order chi connectivity index (χ0) is 17.3. The van der Waals surface area contributed by atoms with Gasteiger partial charge in [-0.25, -0.2) is 4.98 Å². The number of likely N-dealkylation sites (tertiary alicyclic amines) is 1. The smallest absolute Gasteiger partial charge is 0.225 e. The van der Waals surface area contributed by atoms with Gasteiger partial charge in [0.2, 0.25) is 11.8 Å². The van der Waals surface area contributed by atoms with Crippen molar-refractivity contribution in [2.45, 2.75) is 52.6 Å². The third kappa shape index (κ3) is 3.19. The van der Waals surface area contributed by atoms with Crippen LogP contribution in [-0.4, -0.2) is 50.8 Å². The molecule has 3 heterocycles. The van der Waals surface area contributed by atoms with Gasteiger partial charge in [0.1, 0.15) is 5.82 Å². The number of fused-ring (bicyclic) bond motifs is 1. The number of nitrogens with zero attached hydrogens (tertiary/aromatic N) is 4. The second-order valence-electron chi connectivity index (χ2n) is 7.31. The largest absolute Gasteiger partial charge is 0.343 e. The maximum absolute atomic E-state index is 12.8. The number of carbonyl (C=O) groups is 2. The predicted octanol–water partition coefficient (Wildman–Crippen LogP) is 2.07. The monoisotopic (exact) mass is 332 g/mol. The number of aryl methyl sites for hydroxylation is 1. The molecule has 132 valence electrons. The summed E-state index contributed by atoms with van der Waals surface area (Å²) >= 11 is 0. The van der Waals surface area contributed by atoms with Gasteiger partial charge in [0.05, 0.1) is 6.04 Å². The van der Waals surface area contributed by atoms with E-state index >= 15 is 0 Å². The van der Waals surface area contributed by atoms with Gasteiger partial charge in [-0.1, -0.05) is 13.8 Å². The zero-order valence-electron chi connectivity index (χ0n) is 14.9. The number of amides is 2. The maximum Gasteiger partial charge on any atom is 0.225 e. The molecule has 1 unspecified atom stereocenters. The van der Waals surface area contributed by atoms with Crippen LogP contribution in [0.2, 0.25) is 0 Å².